The quantitative estimate of drug-likeness (QED) is 0.573. The Morgan fingerprint density at radius 3 is 2.73 bits per heavy atom. The molecular weight excluding hydrogens is 340 g/mol. The minimum Gasteiger partial charge on any atom is -0.465 e. The summed E-state index contributed by atoms with van der Waals surface area (Å²) in [5.74, 6) is -1.07. The van der Waals surface area contributed by atoms with Crippen LogP contribution in [0.1, 0.15) is 21.7 Å². The molecule has 140 valence electrons. The van der Waals surface area contributed by atoms with Gasteiger partial charge in [0, 0.05) is 46.2 Å². The topological polar surface area (TPSA) is 111 Å². The molecule has 0 saturated heterocycles. The molecule has 1 aromatic heterocycles. The predicted octanol–water partition coefficient (Wildman–Crippen LogP) is -0.262. The molecule has 3 rings (SSSR count). The van der Waals surface area contributed by atoms with Crippen molar-refractivity contribution in [2.24, 2.45) is 10.9 Å². The van der Waals surface area contributed by atoms with Crippen LogP contribution in [0.3, 0.4) is 0 Å². The number of carbonyl (C=O) groups excluding carboxylic acids is 2. The van der Waals surface area contributed by atoms with Crippen LogP contribution in [0.15, 0.2) is 4.99 Å². The standard InChI is InChI=1S/C16H22N6O4/c1-19(2)9-17-14(23)10-6-20(3)15(24)13-11-8-21(16(25)26)5-4-12(11)18-22(13)7-10/h9-10H,4-8H2,1-3H3,(H,25,26). The van der Waals surface area contributed by atoms with Gasteiger partial charge in [-0.3, -0.25) is 14.3 Å². The van der Waals surface area contributed by atoms with E-state index >= 15 is 0 Å². The van der Waals surface area contributed by atoms with E-state index < -0.39 is 12.0 Å². The summed E-state index contributed by atoms with van der Waals surface area (Å²) >= 11 is 0. The van der Waals surface area contributed by atoms with Crippen molar-refractivity contribution in [3.05, 3.63) is 17.0 Å². The molecule has 1 unspecified atom stereocenters. The van der Waals surface area contributed by atoms with Gasteiger partial charge in [0.2, 0.25) is 0 Å². The molecule has 10 heteroatoms. The first kappa shape index (κ1) is 17.9. The lowest BCUT2D eigenvalue weighted by molar-refractivity contribution is -0.122. The zero-order chi connectivity index (χ0) is 19.0. The Kier molecular flexibility index (Phi) is 4.66. The third-order valence-corrected chi connectivity index (χ3v) is 4.57. The van der Waals surface area contributed by atoms with E-state index in [-0.39, 0.29) is 31.4 Å². The van der Waals surface area contributed by atoms with Gasteiger partial charge in [0.25, 0.3) is 11.8 Å². The van der Waals surface area contributed by atoms with Crippen LogP contribution in [-0.2, 0) is 24.3 Å². The minimum absolute atomic E-state index is 0.136. The molecule has 1 atom stereocenters. The zero-order valence-electron chi connectivity index (χ0n) is 15.0. The fourth-order valence-electron chi connectivity index (χ4n) is 3.26. The highest BCUT2D eigenvalue weighted by Crippen LogP contribution is 2.26. The summed E-state index contributed by atoms with van der Waals surface area (Å²) < 4.78 is 1.55. The highest BCUT2D eigenvalue weighted by Gasteiger charge is 2.36. The Morgan fingerprint density at radius 1 is 1.35 bits per heavy atom. The van der Waals surface area contributed by atoms with Crippen molar-refractivity contribution >= 4 is 24.2 Å². The van der Waals surface area contributed by atoms with Crippen molar-refractivity contribution in [1.82, 2.24) is 24.5 Å². The molecule has 2 aliphatic heterocycles. The fraction of sp³-hybridized carbons (Fsp3) is 0.562. The summed E-state index contributed by atoms with van der Waals surface area (Å²) in [4.78, 5) is 44.9. The lowest BCUT2D eigenvalue weighted by Crippen LogP contribution is -2.36. The summed E-state index contributed by atoms with van der Waals surface area (Å²) in [6, 6.07) is 0. The number of rotatable bonds is 2. The normalized spacial score (nSPS) is 20.0. The summed E-state index contributed by atoms with van der Waals surface area (Å²) in [7, 11) is 5.17. The summed E-state index contributed by atoms with van der Waals surface area (Å²) in [5.41, 5.74) is 1.74. The Bertz CT molecular complexity index is 784. The number of nitrogens with zero attached hydrogens (tertiary/aromatic N) is 6. The van der Waals surface area contributed by atoms with Gasteiger partial charge in [0.15, 0.2) is 0 Å². The average molecular weight is 362 g/mol. The molecular formula is C16H22N6O4. The van der Waals surface area contributed by atoms with Gasteiger partial charge in [-0.2, -0.15) is 5.10 Å². The van der Waals surface area contributed by atoms with Crippen LogP contribution in [0.25, 0.3) is 0 Å². The number of amides is 3. The van der Waals surface area contributed by atoms with E-state index in [2.05, 4.69) is 10.1 Å². The Hall–Kier alpha value is -2.91. The first-order chi connectivity index (χ1) is 12.3. The van der Waals surface area contributed by atoms with Crippen LogP contribution in [0, 0.1) is 5.92 Å². The summed E-state index contributed by atoms with van der Waals surface area (Å²) in [5, 5.41) is 13.7. The fourth-order valence-corrected chi connectivity index (χ4v) is 3.26. The molecule has 0 bridgehead atoms. The molecule has 0 spiro atoms. The lowest BCUT2D eigenvalue weighted by Gasteiger charge is -2.24. The molecule has 0 saturated carbocycles. The first-order valence-electron chi connectivity index (χ1n) is 8.34. The third kappa shape index (κ3) is 3.26. The number of carbonyl (C=O) groups is 3. The molecule has 0 fully saturated rings. The molecule has 0 radical (unpaired) electrons. The maximum Gasteiger partial charge on any atom is 0.407 e. The highest BCUT2D eigenvalue weighted by molar-refractivity contribution is 5.95. The molecule has 1 aromatic rings. The van der Waals surface area contributed by atoms with Crippen molar-refractivity contribution in [2.75, 3.05) is 34.2 Å². The molecule has 1 N–H and O–H groups in total. The minimum atomic E-state index is -1.02. The number of fused-ring (bicyclic) bond motifs is 3. The lowest BCUT2D eigenvalue weighted by atomic mass is 10.1. The number of aliphatic imine (C=N–C) groups is 1. The van der Waals surface area contributed by atoms with E-state index in [1.54, 1.807) is 30.7 Å². The zero-order valence-corrected chi connectivity index (χ0v) is 15.0. The molecule has 10 nitrogen and oxygen atoms in total. The van der Waals surface area contributed by atoms with Crippen LogP contribution in [0.4, 0.5) is 4.79 Å². The third-order valence-electron chi connectivity index (χ3n) is 4.57. The average Bonchev–Trinajstić information content (AvgIpc) is 2.89. The predicted molar refractivity (Wildman–Crippen MR) is 92.0 cm³/mol. The molecule has 3 amide bonds. The van der Waals surface area contributed by atoms with E-state index in [0.29, 0.717) is 24.2 Å². The SMILES string of the molecule is CN(C)C=NC(=O)C1CN(C)C(=O)c2c3c(nn2C1)CCN(C(=O)O)C3. The highest BCUT2D eigenvalue weighted by atomic mass is 16.4. The van der Waals surface area contributed by atoms with Crippen molar-refractivity contribution in [3.63, 3.8) is 0 Å². The van der Waals surface area contributed by atoms with Crippen molar-refractivity contribution < 1.29 is 19.5 Å². The second-order valence-electron chi connectivity index (χ2n) is 6.84. The molecule has 0 aliphatic carbocycles. The van der Waals surface area contributed by atoms with Crippen molar-refractivity contribution in [2.45, 2.75) is 19.5 Å². The van der Waals surface area contributed by atoms with Crippen LogP contribution >= 0.6 is 0 Å². The summed E-state index contributed by atoms with van der Waals surface area (Å²) in [6.07, 6.45) is 0.876. The second kappa shape index (κ2) is 6.77. The van der Waals surface area contributed by atoms with E-state index in [1.165, 1.54) is 16.1 Å². The van der Waals surface area contributed by atoms with Gasteiger partial charge in [-0.25, -0.2) is 9.79 Å². The monoisotopic (exact) mass is 362 g/mol. The van der Waals surface area contributed by atoms with Crippen molar-refractivity contribution in [3.8, 4) is 0 Å². The van der Waals surface area contributed by atoms with Crippen molar-refractivity contribution in [1.29, 1.82) is 0 Å². The molecule has 2 aliphatic rings. The molecule has 3 heterocycles. The van der Waals surface area contributed by atoms with Gasteiger partial charge in [-0.15, -0.1) is 0 Å². The van der Waals surface area contributed by atoms with Gasteiger partial charge >= 0.3 is 6.09 Å². The van der Waals surface area contributed by atoms with Gasteiger partial charge in [0.05, 0.1) is 31.0 Å². The van der Waals surface area contributed by atoms with Gasteiger partial charge in [0.1, 0.15) is 5.69 Å². The number of carboxylic acid groups (broad SMARTS) is 1. The van der Waals surface area contributed by atoms with Gasteiger partial charge in [-0.1, -0.05) is 0 Å². The number of hydrogen-bond donors (Lipinski definition) is 1. The van der Waals surface area contributed by atoms with Gasteiger partial charge < -0.3 is 19.8 Å². The van der Waals surface area contributed by atoms with Crippen LogP contribution in [-0.4, -0.2) is 88.1 Å². The Balaban J connectivity index is 1.94. The number of aromatic nitrogens is 2. The molecule has 26 heavy (non-hydrogen) atoms. The van der Waals surface area contributed by atoms with E-state index in [4.69, 9.17) is 0 Å². The maximum absolute atomic E-state index is 12.8. The Morgan fingerprint density at radius 2 is 2.08 bits per heavy atom. The largest absolute Gasteiger partial charge is 0.465 e. The Labute approximate surface area is 150 Å². The second-order valence-corrected chi connectivity index (χ2v) is 6.84. The van der Waals surface area contributed by atoms with Crippen LogP contribution < -0.4 is 0 Å². The van der Waals surface area contributed by atoms with E-state index in [9.17, 15) is 19.5 Å². The smallest absolute Gasteiger partial charge is 0.407 e. The van der Waals surface area contributed by atoms with Gasteiger partial charge in [-0.05, 0) is 0 Å². The van der Waals surface area contributed by atoms with E-state index in [0.717, 1.165) is 5.69 Å². The van der Waals surface area contributed by atoms with Crippen LogP contribution in [0.5, 0.6) is 0 Å². The van der Waals surface area contributed by atoms with E-state index in [1.807, 2.05) is 0 Å². The number of hydrogen-bond acceptors (Lipinski definition) is 4. The molecule has 0 aromatic carbocycles. The first-order valence-corrected chi connectivity index (χ1v) is 8.34. The maximum atomic E-state index is 12.8. The summed E-state index contributed by atoms with van der Waals surface area (Å²) in [6.45, 7) is 0.966. The van der Waals surface area contributed by atoms with Crippen LogP contribution in [0.2, 0.25) is 0 Å².